The molecule has 1 aliphatic rings. The highest BCUT2D eigenvalue weighted by atomic mass is 32.2. The number of hydrogen-bond donors (Lipinski definition) is 1. The summed E-state index contributed by atoms with van der Waals surface area (Å²) in [7, 11) is -3.79. The molecule has 2 heterocycles. The molecule has 2 N–H and O–H groups in total. The molecule has 6 nitrogen and oxygen atoms in total. The van der Waals surface area contributed by atoms with Crippen molar-refractivity contribution in [1.29, 1.82) is 0 Å². The second kappa shape index (κ2) is 6.21. The topological polar surface area (TPSA) is 89.2 Å². The predicted molar refractivity (Wildman–Crippen MR) is 84.0 cm³/mol. The molecule has 0 aliphatic carbocycles. The van der Waals surface area contributed by atoms with Gasteiger partial charge in [-0.05, 0) is 30.5 Å². The fraction of sp³-hybridized carbons (Fsp3) is 0.333. The molecule has 23 heavy (non-hydrogen) atoms. The van der Waals surface area contributed by atoms with Crippen molar-refractivity contribution >= 4 is 16.0 Å². The number of rotatable bonds is 3. The van der Waals surface area contributed by atoms with E-state index in [1.54, 1.807) is 12.1 Å². The van der Waals surface area contributed by atoms with Gasteiger partial charge in [0, 0.05) is 19.0 Å². The zero-order chi connectivity index (χ0) is 16.4. The van der Waals surface area contributed by atoms with E-state index in [4.69, 9.17) is 5.14 Å². The molecule has 2 aromatic rings. The third-order valence-corrected chi connectivity index (χ3v) is 4.86. The lowest BCUT2D eigenvalue weighted by Gasteiger charge is -2.33. The SMILES string of the molecule is NS(=O)(=O)c1cnc(N2CCCC(c3ccc(F)cc3)C2)nc1. The van der Waals surface area contributed by atoms with Crippen LogP contribution in [0.2, 0.25) is 0 Å². The van der Waals surface area contributed by atoms with Gasteiger partial charge in [0.1, 0.15) is 10.7 Å². The Morgan fingerprint density at radius 1 is 1.17 bits per heavy atom. The van der Waals surface area contributed by atoms with Gasteiger partial charge in [-0.1, -0.05) is 12.1 Å². The zero-order valence-corrected chi connectivity index (χ0v) is 13.2. The maximum Gasteiger partial charge on any atom is 0.241 e. The molecule has 0 radical (unpaired) electrons. The van der Waals surface area contributed by atoms with Crippen LogP contribution >= 0.6 is 0 Å². The van der Waals surface area contributed by atoms with Gasteiger partial charge in [0.2, 0.25) is 16.0 Å². The van der Waals surface area contributed by atoms with Crippen molar-refractivity contribution in [1.82, 2.24) is 9.97 Å². The lowest BCUT2D eigenvalue weighted by Crippen LogP contribution is -2.35. The Labute approximate surface area is 134 Å². The quantitative estimate of drug-likeness (QED) is 0.920. The molecular formula is C15H17FN4O2S. The first kappa shape index (κ1) is 15.8. The predicted octanol–water partition coefficient (Wildman–Crippen LogP) is 1.65. The molecule has 8 heteroatoms. The number of benzene rings is 1. The normalized spacial score (nSPS) is 18.9. The average molecular weight is 336 g/mol. The van der Waals surface area contributed by atoms with Gasteiger partial charge in [0.25, 0.3) is 0 Å². The summed E-state index contributed by atoms with van der Waals surface area (Å²) in [6.07, 6.45) is 4.41. The standard InChI is InChI=1S/C15H17FN4O2S/c16-13-5-3-11(4-6-13)12-2-1-7-20(10-12)15-18-8-14(9-19-15)23(17,21)22/h3-6,8-9,12H,1-2,7,10H2,(H2,17,21,22). The molecule has 1 fully saturated rings. The van der Waals surface area contributed by atoms with E-state index in [2.05, 4.69) is 9.97 Å². The average Bonchev–Trinajstić information content (AvgIpc) is 2.55. The van der Waals surface area contributed by atoms with E-state index in [1.165, 1.54) is 24.5 Å². The van der Waals surface area contributed by atoms with Crippen LogP contribution in [-0.4, -0.2) is 31.5 Å². The smallest absolute Gasteiger partial charge is 0.241 e. The lowest BCUT2D eigenvalue weighted by molar-refractivity contribution is 0.502. The summed E-state index contributed by atoms with van der Waals surface area (Å²) in [6, 6.07) is 6.53. The molecule has 0 bridgehead atoms. The Bertz CT molecular complexity index is 778. The van der Waals surface area contributed by atoms with Crippen LogP contribution in [-0.2, 0) is 10.0 Å². The van der Waals surface area contributed by atoms with E-state index < -0.39 is 10.0 Å². The Kier molecular flexibility index (Phi) is 4.27. The third kappa shape index (κ3) is 3.65. The minimum Gasteiger partial charge on any atom is -0.340 e. The maximum atomic E-state index is 13.0. The largest absolute Gasteiger partial charge is 0.340 e. The monoisotopic (exact) mass is 336 g/mol. The van der Waals surface area contributed by atoms with Crippen molar-refractivity contribution in [3.8, 4) is 0 Å². The van der Waals surface area contributed by atoms with Gasteiger partial charge >= 0.3 is 0 Å². The first-order valence-corrected chi connectivity index (χ1v) is 8.83. The number of nitrogens with two attached hydrogens (primary N) is 1. The van der Waals surface area contributed by atoms with E-state index in [0.717, 1.165) is 24.9 Å². The number of primary sulfonamides is 1. The molecule has 3 rings (SSSR count). The molecule has 1 unspecified atom stereocenters. The Morgan fingerprint density at radius 2 is 1.83 bits per heavy atom. The van der Waals surface area contributed by atoms with Gasteiger partial charge in [-0.2, -0.15) is 0 Å². The van der Waals surface area contributed by atoms with Crippen molar-refractivity contribution in [2.24, 2.45) is 5.14 Å². The summed E-state index contributed by atoms with van der Waals surface area (Å²) in [5.74, 6) is 0.499. The molecule has 1 aromatic carbocycles. The van der Waals surface area contributed by atoms with Gasteiger partial charge in [-0.15, -0.1) is 0 Å². The summed E-state index contributed by atoms with van der Waals surface area (Å²) in [4.78, 5) is 10.1. The summed E-state index contributed by atoms with van der Waals surface area (Å²) < 4.78 is 35.5. The van der Waals surface area contributed by atoms with Gasteiger partial charge in [-0.25, -0.2) is 27.9 Å². The first-order chi connectivity index (χ1) is 10.9. The number of hydrogen-bond acceptors (Lipinski definition) is 5. The minimum absolute atomic E-state index is 0.103. The van der Waals surface area contributed by atoms with Crippen LogP contribution in [0.1, 0.15) is 24.3 Å². The Hall–Kier alpha value is -2.06. The van der Waals surface area contributed by atoms with E-state index in [9.17, 15) is 12.8 Å². The first-order valence-electron chi connectivity index (χ1n) is 7.29. The van der Waals surface area contributed by atoms with E-state index in [1.807, 2.05) is 4.90 Å². The highest BCUT2D eigenvalue weighted by Gasteiger charge is 2.23. The van der Waals surface area contributed by atoms with Crippen LogP contribution in [0.15, 0.2) is 41.6 Å². The number of halogens is 1. The van der Waals surface area contributed by atoms with Gasteiger partial charge in [-0.3, -0.25) is 0 Å². The van der Waals surface area contributed by atoms with Crippen LogP contribution < -0.4 is 10.0 Å². The van der Waals surface area contributed by atoms with Crippen LogP contribution in [0.5, 0.6) is 0 Å². The summed E-state index contributed by atoms with van der Waals surface area (Å²) in [5.41, 5.74) is 1.08. The number of anilines is 1. The number of aromatic nitrogens is 2. The van der Waals surface area contributed by atoms with Crippen molar-refractivity contribution < 1.29 is 12.8 Å². The van der Waals surface area contributed by atoms with Crippen LogP contribution in [0.4, 0.5) is 10.3 Å². The van der Waals surface area contributed by atoms with Crippen LogP contribution in [0.3, 0.4) is 0 Å². The fourth-order valence-corrected chi connectivity index (χ4v) is 3.18. The van der Waals surface area contributed by atoms with Crippen molar-refractivity contribution in [2.75, 3.05) is 18.0 Å². The number of nitrogens with zero attached hydrogens (tertiary/aromatic N) is 3. The number of sulfonamides is 1. The third-order valence-electron chi connectivity index (χ3n) is 3.99. The van der Waals surface area contributed by atoms with Gasteiger partial charge in [0.15, 0.2) is 0 Å². The Morgan fingerprint density at radius 3 is 2.43 bits per heavy atom. The molecule has 122 valence electrons. The summed E-state index contributed by atoms with van der Waals surface area (Å²) in [5, 5.41) is 5.04. The van der Waals surface area contributed by atoms with Crippen molar-refractivity contribution in [3.63, 3.8) is 0 Å². The highest BCUT2D eigenvalue weighted by Crippen LogP contribution is 2.28. The molecule has 1 atom stereocenters. The van der Waals surface area contributed by atoms with Gasteiger partial charge < -0.3 is 4.90 Å². The molecule has 0 spiro atoms. The van der Waals surface area contributed by atoms with Crippen molar-refractivity contribution in [3.05, 3.63) is 48.0 Å². The second-order valence-electron chi connectivity index (χ2n) is 5.60. The van der Waals surface area contributed by atoms with E-state index in [-0.39, 0.29) is 16.6 Å². The van der Waals surface area contributed by atoms with E-state index in [0.29, 0.717) is 12.5 Å². The molecule has 0 amide bonds. The second-order valence-corrected chi connectivity index (χ2v) is 7.16. The molecule has 0 saturated carbocycles. The fourth-order valence-electron chi connectivity index (χ4n) is 2.79. The molecule has 1 aromatic heterocycles. The number of piperidine rings is 1. The molecule has 1 saturated heterocycles. The van der Waals surface area contributed by atoms with E-state index >= 15 is 0 Å². The van der Waals surface area contributed by atoms with Gasteiger partial charge in [0.05, 0.1) is 12.4 Å². The van der Waals surface area contributed by atoms with Crippen LogP contribution in [0, 0.1) is 5.82 Å². The summed E-state index contributed by atoms with van der Waals surface area (Å²) >= 11 is 0. The van der Waals surface area contributed by atoms with Crippen molar-refractivity contribution in [2.45, 2.75) is 23.7 Å². The summed E-state index contributed by atoms with van der Waals surface area (Å²) in [6.45, 7) is 1.51. The lowest BCUT2D eigenvalue weighted by atomic mass is 9.91. The zero-order valence-electron chi connectivity index (χ0n) is 12.4. The Balaban J connectivity index is 1.77. The molecule has 1 aliphatic heterocycles. The van der Waals surface area contributed by atoms with Crippen LogP contribution in [0.25, 0.3) is 0 Å². The molecular weight excluding hydrogens is 319 g/mol. The highest BCUT2D eigenvalue weighted by molar-refractivity contribution is 7.89. The maximum absolute atomic E-state index is 13.0. The minimum atomic E-state index is -3.79.